The number of nitrogens with zero attached hydrogens (tertiary/aromatic N) is 1. The lowest BCUT2D eigenvalue weighted by Gasteiger charge is -2.29. The van der Waals surface area contributed by atoms with E-state index in [9.17, 15) is 9.59 Å². The molecule has 18 heavy (non-hydrogen) atoms. The second-order valence-corrected chi connectivity index (χ2v) is 5.28. The number of carbonyl (C=O) groups excluding carboxylic acids is 1. The number of aliphatic carboxylic acids is 1. The van der Waals surface area contributed by atoms with Crippen molar-refractivity contribution in [2.75, 3.05) is 6.54 Å². The van der Waals surface area contributed by atoms with Gasteiger partial charge in [0, 0.05) is 12.6 Å². The van der Waals surface area contributed by atoms with Gasteiger partial charge >= 0.3 is 12.0 Å². The molecule has 0 radical (unpaired) electrons. The molecule has 0 aromatic heterocycles. The maximum atomic E-state index is 12.1. The average molecular weight is 256 g/mol. The minimum atomic E-state index is -0.953. The van der Waals surface area contributed by atoms with E-state index in [1.54, 1.807) is 4.90 Å². The van der Waals surface area contributed by atoms with Crippen molar-refractivity contribution in [2.24, 2.45) is 5.92 Å². The standard InChI is InChI=1S/C13H24N2O3/c1-4-6-10(12(16)17)14-13(18)15-8-5-7-11(15)9(2)3/h9-11H,4-8H2,1-3H3,(H,14,18)(H,16,17)/t10-,11?/m1/s1. The van der Waals surface area contributed by atoms with E-state index in [0.29, 0.717) is 12.3 Å². The molecule has 1 fully saturated rings. The Hall–Kier alpha value is -1.26. The van der Waals surface area contributed by atoms with E-state index >= 15 is 0 Å². The summed E-state index contributed by atoms with van der Waals surface area (Å²) >= 11 is 0. The molecule has 0 aromatic rings. The number of rotatable bonds is 5. The van der Waals surface area contributed by atoms with Gasteiger partial charge < -0.3 is 15.3 Å². The third kappa shape index (κ3) is 3.62. The first kappa shape index (κ1) is 14.8. The maximum absolute atomic E-state index is 12.1. The van der Waals surface area contributed by atoms with Crippen LogP contribution < -0.4 is 5.32 Å². The van der Waals surface area contributed by atoms with Crippen molar-refractivity contribution >= 4 is 12.0 Å². The van der Waals surface area contributed by atoms with Crippen molar-refractivity contribution in [1.29, 1.82) is 0 Å². The highest BCUT2D eigenvalue weighted by Gasteiger charge is 2.32. The molecule has 2 atom stereocenters. The van der Waals surface area contributed by atoms with Crippen LogP contribution in [0.3, 0.4) is 0 Å². The Kier molecular flexibility index (Phi) is 5.44. The van der Waals surface area contributed by atoms with Crippen LogP contribution in [0.1, 0.15) is 46.5 Å². The molecule has 1 aliphatic rings. The fourth-order valence-electron chi connectivity index (χ4n) is 2.52. The number of carboxylic acid groups (broad SMARTS) is 1. The average Bonchev–Trinajstić information content (AvgIpc) is 2.77. The van der Waals surface area contributed by atoms with Gasteiger partial charge in [-0.25, -0.2) is 9.59 Å². The highest BCUT2D eigenvalue weighted by molar-refractivity contribution is 5.82. The van der Waals surface area contributed by atoms with Crippen molar-refractivity contribution < 1.29 is 14.7 Å². The molecule has 0 bridgehead atoms. The first-order valence-corrected chi connectivity index (χ1v) is 6.77. The molecule has 1 aliphatic heterocycles. The van der Waals surface area contributed by atoms with Crippen LogP contribution in [0.4, 0.5) is 4.79 Å². The van der Waals surface area contributed by atoms with Crippen LogP contribution >= 0.6 is 0 Å². The quantitative estimate of drug-likeness (QED) is 0.791. The number of hydrogen-bond donors (Lipinski definition) is 2. The maximum Gasteiger partial charge on any atom is 0.326 e. The van der Waals surface area contributed by atoms with Gasteiger partial charge in [0.05, 0.1) is 0 Å². The summed E-state index contributed by atoms with van der Waals surface area (Å²) in [7, 11) is 0. The Morgan fingerprint density at radius 2 is 2.11 bits per heavy atom. The zero-order valence-electron chi connectivity index (χ0n) is 11.5. The fraction of sp³-hybridized carbons (Fsp3) is 0.846. The van der Waals surface area contributed by atoms with Crippen molar-refractivity contribution in [3.63, 3.8) is 0 Å². The number of carbonyl (C=O) groups is 2. The molecular formula is C13H24N2O3. The largest absolute Gasteiger partial charge is 0.480 e. The smallest absolute Gasteiger partial charge is 0.326 e. The topological polar surface area (TPSA) is 69.6 Å². The molecule has 104 valence electrons. The van der Waals surface area contributed by atoms with Gasteiger partial charge in [0.2, 0.25) is 0 Å². The van der Waals surface area contributed by atoms with Crippen molar-refractivity contribution in [2.45, 2.75) is 58.5 Å². The summed E-state index contributed by atoms with van der Waals surface area (Å²) in [5.41, 5.74) is 0. The first-order valence-electron chi connectivity index (χ1n) is 6.77. The summed E-state index contributed by atoms with van der Waals surface area (Å²) in [5.74, 6) is -0.543. The normalized spacial score (nSPS) is 21.1. The van der Waals surface area contributed by atoms with Crippen LogP contribution in [0.25, 0.3) is 0 Å². The minimum absolute atomic E-state index is 0.230. The number of amides is 2. The van der Waals surface area contributed by atoms with Crippen LogP contribution in [0, 0.1) is 5.92 Å². The zero-order chi connectivity index (χ0) is 13.7. The third-order valence-corrected chi connectivity index (χ3v) is 3.50. The van der Waals surface area contributed by atoms with Gasteiger partial charge in [0.25, 0.3) is 0 Å². The van der Waals surface area contributed by atoms with E-state index in [1.165, 1.54) is 0 Å². The van der Waals surface area contributed by atoms with Crippen LogP contribution in [-0.4, -0.2) is 40.6 Å². The van der Waals surface area contributed by atoms with Gasteiger partial charge in [-0.1, -0.05) is 27.2 Å². The third-order valence-electron chi connectivity index (χ3n) is 3.50. The molecule has 0 aromatic carbocycles. The molecule has 2 N–H and O–H groups in total. The fourth-order valence-corrected chi connectivity index (χ4v) is 2.52. The minimum Gasteiger partial charge on any atom is -0.480 e. The van der Waals surface area contributed by atoms with E-state index in [0.717, 1.165) is 25.8 Å². The Labute approximate surface area is 109 Å². The van der Waals surface area contributed by atoms with Gasteiger partial charge in [-0.15, -0.1) is 0 Å². The van der Waals surface area contributed by atoms with Crippen LogP contribution in [0.15, 0.2) is 0 Å². The van der Waals surface area contributed by atoms with Crippen LogP contribution in [0.2, 0.25) is 0 Å². The number of urea groups is 1. The number of likely N-dealkylation sites (tertiary alicyclic amines) is 1. The van der Waals surface area contributed by atoms with Gasteiger partial charge in [-0.2, -0.15) is 0 Å². The number of carboxylic acids is 1. The molecule has 0 spiro atoms. The van der Waals surface area contributed by atoms with Crippen LogP contribution in [-0.2, 0) is 4.79 Å². The molecule has 1 unspecified atom stereocenters. The zero-order valence-corrected chi connectivity index (χ0v) is 11.5. The summed E-state index contributed by atoms with van der Waals surface area (Å²) in [6, 6.07) is -0.760. The van der Waals surface area contributed by atoms with E-state index in [4.69, 9.17) is 5.11 Å². The van der Waals surface area contributed by atoms with E-state index in [1.807, 2.05) is 6.92 Å². The Morgan fingerprint density at radius 1 is 1.44 bits per heavy atom. The molecule has 5 nitrogen and oxygen atoms in total. The highest BCUT2D eigenvalue weighted by Crippen LogP contribution is 2.23. The van der Waals surface area contributed by atoms with Gasteiger partial charge in [-0.3, -0.25) is 0 Å². The molecule has 5 heteroatoms. The lowest BCUT2D eigenvalue weighted by atomic mass is 10.0. The van der Waals surface area contributed by atoms with Gasteiger partial charge in [0.15, 0.2) is 0 Å². The summed E-state index contributed by atoms with van der Waals surface area (Å²) in [5, 5.41) is 11.7. The molecule has 0 aliphatic carbocycles. The monoisotopic (exact) mass is 256 g/mol. The predicted molar refractivity (Wildman–Crippen MR) is 69.4 cm³/mol. The SMILES string of the molecule is CCC[C@@H](NC(=O)N1CCCC1C(C)C)C(=O)O. The van der Waals surface area contributed by atoms with Gasteiger partial charge in [-0.05, 0) is 25.2 Å². The van der Waals surface area contributed by atoms with E-state index < -0.39 is 12.0 Å². The molecule has 1 saturated heterocycles. The number of nitrogens with one attached hydrogen (secondary N) is 1. The van der Waals surface area contributed by atoms with E-state index in [2.05, 4.69) is 19.2 Å². The second kappa shape index (κ2) is 6.61. The van der Waals surface area contributed by atoms with Gasteiger partial charge in [0.1, 0.15) is 6.04 Å². The van der Waals surface area contributed by atoms with Crippen molar-refractivity contribution in [1.82, 2.24) is 10.2 Å². The molecule has 0 saturated carbocycles. The molecular weight excluding hydrogens is 232 g/mol. The second-order valence-electron chi connectivity index (χ2n) is 5.28. The molecule has 1 heterocycles. The summed E-state index contributed by atoms with van der Waals surface area (Å²) in [4.78, 5) is 24.9. The van der Waals surface area contributed by atoms with Crippen molar-refractivity contribution in [3.05, 3.63) is 0 Å². The summed E-state index contributed by atoms with van der Waals surface area (Å²) < 4.78 is 0. The predicted octanol–water partition coefficient (Wildman–Crippen LogP) is 2.07. The Bertz CT molecular complexity index is 305. The molecule has 2 amide bonds. The highest BCUT2D eigenvalue weighted by atomic mass is 16.4. The summed E-state index contributed by atoms with van der Waals surface area (Å²) in [6.45, 7) is 6.83. The van der Waals surface area contributed by atoms with Crippen LogP contribution in [0.5, 0.6) is 0 Å². The van der Waals surface area contributed by atoms with Crippen molar-refractivity contribution in [3.8, 4) is 0 Å². The lowest BCUT2D eigenvalue weighted by Crippen LogP contribution is -2.50. The Morgan fingerprint density at radius 3 is 2.61 bits per heavy atom. The molecule has 1 rings (SSSR count). The summed E-state index contributed by atoms with van der Waals surface area (Å²) in [6.07, 6.45) is 3.23. The number of hydrogen-bond acceptors (Lipinski definition) is 2. The lowest BCUT2D eigenvalue weighted by molar-refractivity contribution is -0.139. The Balaban J connectivity index is 2.60. The van der Waals surface area contributed by atoms with E-state index in [-0.39, 0.29) is 12.1 Å². The first-order chi connectivity index (χ1) is 8.47.